The van der Waals surface area contributed by atoms with Gasteiger partial charge in [-0.15, -0.1) is 0 Å². The number of hydrogen-bond acceptors (Lipinski definition) is 1. The molecule has 206 valence electrons. The number of para-hydroxylation sites is 3. The van der Waals surface area contributed by atoms with Gasteiger partial charge in [-0.3, -0.25) is 4.98 Å². The zero-order valence-corrected chi connectivity index (χ0v) is 23.9. The highest BCUT2D eigenvalue weighted by Gasteiger charge is 2.18. The van der Waals surface area contributed by atoms with Crippen LogP contribution in [-0.4, -0.2) is 14.1 Å². The highest BCUT2D eigenvalue weighted by Crippen LogP contribution is 2.40. The molecule has 0 bridgehead atoms. The Balaban J connectivity index is 1.26. The summed E-state index contributed by atoms with van der Waals surface area (Å²) in [6.45, 7) is 0. The molecule has 3 aromatic heterocycles. The molecule has 6 aromatic carbocycles. The van der Waals surface area contributed by atoms with Crippen molar-refractivity contribution in [1.82, 2.24) is 14.1 Å². The zero-order chi connectivity index (χ0) is 29.0. The van der Waals surface area contributed by atoms with E-state index in [-0.39, 0.29) is 0 Å². The molecule has 0 amide bonds. The van der Waals surface area contributed by atoms with E-state index in [1.807, 2.05) is 6.20 Å². The van der Waals surface area contributed by atoms with Gasteiger partial charge in [-0.25, -0.2) is 0 Å². The van der Waals surface area contributed by atoms with E-state index in [0.717, 1.165) is 28.1 Å². The second kappa shape index (κ2) is 9.82. The van der Waals surface area contributed by atoms with E-state index in [0.29, 0.717) is 0 Å². The van der Waals surface area contributed by atoms with Crippen molar-refractivity contribution in [2.75, 3.05) is 0 Å². The number of nitrogens with zero attached hydrogens (tertiary/aromatic N) is 3. The van der Waals surface area contributed by atoms with Gasteiger partial charge in [-0.1, -0.05) is 109 Å². The fourth-order valence-corrected chi connectivity index (χ4v) is 6.82. The number of aromatic nitrogens is 3. The number of hydrogen-bond donors (Lipinski definition) is 0. The summed E-state index contributed by atoms with van der Waals surface area (Å²) in [5.74, 6) is 0. The first-order valence-electron chi connectivity index (χ1n) is 15.0. The van der Waals surface area contributed by atoms with Gasteiger partial charge in [0.25, 0.3) is 0 Å². The molecule has 0 aliphatic carbocycles. The van der Waals surface area contributed by atoms with Crippen LogP contribution in [0.2, 0.25) is 0 Å². The first kappa shape index (κ1) is 24.6. The number of rotatable bonds is 4. The average Bonchev–Trinajstić information content (AvgIpc) is 3.62. The van der Waals surface area contributed by atoms with Crippen LogP contribution in [0.15, 0.2) is 164 Å². The van der Waals surface area contributed by atoms with Crippen LogP contribution in [-0.2, 0) is 0 Å². The van der Waals surface area contributed by atoms with Gasteiger partial charge in [-0.05, 0) is 59.7 Å². The molecule has 0 saturated heterocycles. The molecule has 44 heavy (non-hydrogen) atoms. The fourth-order valence-electron chi connectivity index (χ4n) is 6.82. The average molecular weight is 562 g/mol. The molecular formula is C41H27N3. The quantitative estimate of drug-likeness (QED) is 0.210. The molecule has 0 fully saturated rings. The summed E-state index contributed by atoms with van der Waals surface area (Å²) < 4.78 is 4.69. The molecular weight excluding hydrogens is 534 g/mol. The van der Waals surface area contributed by atoms with Crippen molar-refractivity contribution in [1.29, 1.82) is 0 Å². The summed E-state index contributed by atoms with van der Waals surface area (Å²) >= 11 is 0. The fraction of sp³-hybridized carbons (Fsp3) is 0. The van der Waals surface area contributed by atoms with Crippen molar-refractivity contribution in [3.63, 3.8) is 0 Å². The number of pyridine rings is 1. The molecule has 0 radical (unpaired) electrons. The lowest BCUT2D eigenvalue weighted by atomic mass is 10.0. The molecule has 0 unspecified atom stereocenters. The van der Waals surface area contributed by atoms with Gasteiger partial charge in [0, 0.05) is 38.5 Å². The van der Waals surface area contributed by atoms with Crippen molar-refractivity contribution < 1.29 is 0 Å². The van der Waals surface area contributed by atoms with Crippen LogP contribution in [0.4, 0.5) is 0 Å². The Hall–Kier alpha value is -5.93. The minimum Gasteiger partial charge on any atom is -0.309 e. The van der Waals surface area contributed by atoms with Crippen LogP contribution in [0, 0.1) is 0 Å². The lowest BCUT2D eigenvalue weighted by Crippen LogP contribution is -1.94. The van der Waals surface area contributed by atoms with Gasteiger partial charge in [0.2, 0.25) is 0 Å². The van der Waals surface area contributed by atoms with Crippen molar-refractivity contribution in [3.8, 4) is 33.8 Å². The van der Waals surface area contributed by atoms with Crippen molar-refractivity contribution >= 4 is 43.6 Å². The minimum atomic E-state index is 0.974. The van der Waals surface area contributed by atoms with Crippen LogP contribution < -0.4 is 0 Å². The zero-order valence-electron chi connectivity index (χ0n) is 23.9. The van der Waals surface area contributed by atoms with Crippen molar-refractivity contribution in [2.45, 2.75) is 0 Å². The first-order valence-corrected chi connectivity index (χ1v) is 15.0. The summed E-state index contributed by atoms with van der Waals surface area (Å²) in [6.07, 6.45) is 2.04. The molecule has 9 rings (SSSR count). The smallest absolute Gasteiger partial charge is 0.0724 e. The largest absolute Gasteiger partial charge is 0.309 e. The Morgan fingerprint density at radius 2 is 0.955 bits per heavy atom. The molecule has 3 nitrogen and oxygen atoms in total. The van der Waals surface area contributed by atoms with Crippen LogP contribution in [0.3, 0.4) is 0 Å². The predicted molar refractivity (Wildman–Crippen MR) is 184 cm³/mol. The molecule has 0 aliphatic rings. The van der Waals surface area contributed by atoms with E-state index in [4.69, 9.17) is 4.98 Å². The van der Waals surface area contributed by atoms with Crippen LogP contribution in [0.1, 0.15) is 0 Å². The second-order valence-corrected chi connectivity index (χ2v) is 11.2. The SMILES string of the molecule is c1ccc(-c2ccc(-n3c4ccccc4c4c(-c5cc6c7ccccc7n(-c7ccccc7)c6cn5)cccc43)cc2)cc1. The van der Waals surface area contributed by atoms with E-state index in [9.17, 15) is 0 Å². The Kier molecular flexibility index (Phi) is 5.50. The summed E-state index contributed by atoms with van der Waals surface area (Å²) in [5, 5.41) is 4.86. The lowest BCUT2D eigenvalue weighted by Gasteiger charge is -2.10. The summed E-state index contributed by atoms with van der Waals surface area (Å²) in [5.41, 5.74) is 11.5. The Bertz CT molecular complexity index is 2470. The summed E-state index contributed by atoms with van der Waals surface area (Å²) in [6, 6.07) is 56.2. The number of benzene rings is 6. The van der Waals surface area contributed by atoms with Gasteiger partial charge in [0.1, 0.15) is 0 Å². The van der Waals surface area contributed by atoms with Gasteiger partial charge >= 0.3 is 0 Å². The van der Waals surface area contributed by atoms with E-state index in [1.54, 1.807) is 0 Å². The van der Waals surface area contributed by atoms with Crippen LogP contribution in [0.25, 0.3) is 77.4 Å². The third-order valence-electron chi connectivity index (χ3n) is 8.78. The van der Waals surface area contributed by atoms with E-state index in [2.05, 4.69) is 167 Å². The normalized spacial score (nSPS) is 11.6. The molecule has 0 aliphatic heterocycles. The molecule has 3 heterocycles. The Morgan fingerprint density at radius 3 is 1.73 bits per heavy atom. The maximum atomic E-state index is 5.11. The van der Waals surface area contributed by atoms with Gasteiger partial charge < -0.3 is 9.13 Å². The summed E-state index contributed by atoms with van der Waals surface area (Å²) in [7, 11) is 0. The third kappa shape index (κ3) is 3.73. The molecule has 0 N–H and O–H groups in total. The molecule has 3 heteroatoms. The van der Waals surface area contributed by atoms with Gasteiger partial charge in [-0.2, -0.15) is 0 Å². The third-order valence-corrected chi connectivity index (χ3v) is 8.78. The van der Waals surface area contributed by atoms with Crippen LogP contribution in [0.5, 0.6) is 0 Å². The Labute approximate surface area is 254 Å². The van der Waals surface area contributed by atoms with Crippen molar-refractivity contribution in [3.05, 3.63) is 164 Å². The van der Waals surface area contributed by atoms with Crippen LogP contribution >= 0.6 is 0 Å². The molecule has 0 atom stereocenters. The maximum Gasteiger partial charge on any atom is 0.0724 e. The molecule has 0 spiro atoms. The minimum absolute atomic E-state index is 0.974. The number of fused-ring (bicyclic) bond motifs is 6. The predicted octanol–water partition coefficient (Wildman–Crippen LogP) is 10.6. The standard InChI is InChI=1S/C41H27N3/c1-3-12-28(13-4-1)29-22-24-31(25-23-29)43-38-20-10-8-17-34(38)41-33(18-11-21-39(41)43)36-26-35-32-16-7-9-19-37(32)44(40(35)27-42-36)30-14-5-2-6-15-30/h1-27H. The second-order valence-electron chi connectivity index (χ2n) is 11.2. The Morgan fingerprint density at radius 1 is 0.386 bits per heavy atom. The van der Waals surface area contributed by atoms with E-state index in [1.165, 1.54) is 49.2 Å². The first-order chi connectivity index (χ1) is 21.8. The molecule has 9 aromatic rings. The summed E-state index contributed by atoms with van der Waals surface area (Å²) in [4.78, 5) is 5.11. The highest BCUT2D eigenvalue weighted by molar-refractivity contribution is 6.16. The topological polar surface area (TPSA) is 22.8 Å². The molecule has 0 saturated carbocycles. The van der Waals surface area contributed by atoms with E-state index >= 15 is 0 Å². The van der Waals surface area contributed by atoms with Crippen molar-refractivity contribution in [2.24, 2.45) is 0 Å². The monoisotopic (exact) mass is 561 g/mol. The van der Waals surface area contributed by atoms with E-state index < -0.39 is 0 Å². The van der Waals surface area contributed by atoms with Gasteiger partial charge in [0.15, 0.2) is 0 Å². The maximum absolute atomic E-state index is 5.11. The van der Waals surface area contributed by atoms with Gasteiger partial charge in [0.05, 0.1) is 34.0 Å². The lowest BCUT2D eigenvalue weighted by molar-refractivity contribution is 1.17. The highest BCUT2D eigenvalue weighted by atomic mass is 15.0.